The van der Waals surface area contributed by atoms with E-state index in [4.69, 9.17) is 4.74 Å². The first-order valence-corrected chi connectivity index (χ1v) is 13.4. The van der Waals surface area contributed by atoms with Gasteiger partial charge in [-0.2, -0.15) is 4.31 Å². The maximum atomic E-state index is 13.4. The van der Waals surface area contributed by atoms with Gasteiger partial charge in [-0.25, -0.2) is 8.42 Å². The lowest BCUT2D eigenvalue weighted by Gasteiger charge is -2.34. The SMILES string of the molecule is CCCCN1CCN(C(=O)COC[C@@H]2CCCN2S(=O)(=O)c2c(C)cc(C)cc2C)CC1. The minimum Gasteiger partial charge on any atom is -0.370 e. The molecular weight excluding hydrogens is 426 g/mol. The number of unbranched alkanes of at least 4 members (excludes halogenated alkanes) is 1. The van der Waals surface area contributed by atoms with Crippen molar-refractivity contribution < 1.29 is 17.9 Å². The molecule has 2 saturated heterocycles. The van der Waals surface area contributed by atoms with Gasteiger partial charge >= 0.3 is 0 Å². The molecule has 0 spiro atoms. The second-order valence-corrected chi connectivity index (χ2v) is 11.1. The third-order valence-electron chi connectivity index (χ3n) is 6.58. The first-order valence-electron chi connectivity index (χ1n) is 11.9. The van der Waals surface area contributed by atoms with Gasteiger partial charge < -0.3 is 9.64 Å². The van der Waals surface area contributed by atoms with E-state index in [1.54, 1.807) is 4.31 Å². The highest BCUT2D eigenvalue weighted by molar-refractivity contribution is 7.89. The van der Waals surface area contributed by atoms with E-state index >= 15 is 0 Å². The summed E-state index contributed by atoms with van der Waals surface area (Å²) in [5.41, 5.74) is 2.62. The summed E-state index contributed by atoms with van der Waals surface area (Å²) in [6.07, 6.45) is 3.95. The molecule has 0 saturated carbocycles. The number of hydrogen-bond acceptors (Lipinski definition) is 5. The number of piperazine rings is 1. The second-order valence-electron chi connectivity index (χ2n) is 9.23. The van der Waals surface area contributed by atoms with Crippen LogP contribution < -0.4 is 0 Å². The minimum absolute atomic E-state index is 0.00207. The largest absolute Gasteiger partial charge is 0.370 e. The number of carbonyl (C=O) groups excluding carboxylic acids is 1. The minimum atomic E-state index is -3.60. The van der Waals surface area contributed by atoms with Gasteiger partial charge in [0.1, 0.15) is 6.61 Å². The maximum absolute atomic E-state index is 13.4. The van der Waals surface area contributed by atoms with E-state index < -0.39 is 10.0 Å². The Morgan fingerprint density at radius 1 is 1.06 bits per heavy atom. The van der Waals surface area contributed by atoms with Crippen molar-refractivity contribution in [3.05, 3.63) is 28.8 Å². The van der Waals surface area contributed by atoms with Crippen LogP contribution in [0.1, 0.15) is 49.3 Å². The average Bonchev–Trinajstić information content (AvgIpc) is 3.21. The molecule has 1 amide bonds. The molecular formula is C24H39N3O4S. The van der Waals surface area contributed by atoms with Crippen LogP contribution in [-0.2, 0) is 19.6 Å². The number of nitrogens with zero attached hydrogens (tertiary/aromatic N) is 3. The Balaban J connectivity index is 1.53. The zero-order valence-corrected chi connectivity index (χ0v) is 20.9. The number of sulfonamides is 1. The van der Waals surface area contributed by atoms with E-state index in [9.17, 15) is 13.2 Å². The molecule has 0 aliphatic carbocycles. The van der Waals surface area contributed by atoms with Crippen LogP contribution in [0.4, 0.5) is 0 Å². The number of amides is 1. The summed E-state index contributed by atoms with van der Waals surface area (Å²) < 4.78 is 34.2. The van der Waals surface area contributed by atoms with Crippen molar-refractivity contribution in [3.8, 4) is 0 Å². The summed E-state index contributed by atoms with van der Waals surface area (Å²) in [6.45, 7) is 13.0. The molecule has 8 heteroatoms. The lowest BCUT2D eigenvalue weighted by molar-refractivity contribution is -0.138. The predicted octanol–water partition coefficient (Wildman–Crippen LogP) is 2.73. The molecule has 1 aromatic carbocycles. The van der Waals surface area contributed by atoms with Crippen molar-refractivity contribution in [1.82, 2.24) is 14.1 Å². The van der Waals surface area contributed by atoms with Gasteiger partial charge in [0.25, 0.3) is 0 Å². The van der Waals surface area contributed by atoms with Gasteiger partial charge in [0, 0.05) is 38.8 Å². The van der Waals surface area contributed by atoms with Gasteiger partial charge in [-0.15, -0.1) is 0 Å². The van der Waals surface area contributed by atoms with Crippen molar-refractivity contribution in [2.75, 3.05) is 52.5 Å². The Bertz CT molecular complexity index is 872. The van der Waals surface area contributed by atoms with Crippen molar-refractivity contribution in [1.29, 1.82) is 0 Å². The van der Waals surface area contributed by atoms with Gasteiger partial charge in [0.2, 0.25) is 15.9 Å². The van der Waals surface area contributed by atoms with E-state index in [1.807, 2.05) is 37.8 Å². The first kappa shape index (κ1) is 25.1. The van der Waals surface area contributed by atoms with E-state index in [-0.39, 0.29) is 25.2 Å². The monoisotopic (exact) mass is 465 g/mol. The highest BCUT2D eigenvalue weighted by atomic mass is 32.2. The fourth-order valence-electron chi connectivity index (χ4n) is 4.96. The molecule has 2 aliphatic rings. The van der Waals surface area contributed by atoms with Crippen LogP contribution in [0.25, 0.3) is 0 Å². The van der Waals surface area contributed by atoms with Crippen molar-refractivity contribution in [2.24, 2.45) is 0 Å². The highest BCUT2D eigenvalue weighted by Crippen LogP contribution is 2.30. The van der Waals surface area contributed by atoms with E-state index in [2.05, 4.69) is 11.8 Å². The van der Waals surface area contributed by atoms with Crippen LogP contribution in [-0.4, -0.2) is 87.0 Å². The normalized spacial score (nSPS) is 20.8. The molecule has 2 heterocycles. The standard InChI is InChI=1S/C24H39N3O4S/c1-5-6-9-25-11-13-26(14-12-25)23(28)18-31-17-22-8-7-10-27(22)32(29,30)24-20(3)15-19(2)16-21(24)4/h15-16,22H,5-14,17-18H2,1-4H3/t22-/m0/s1. The molecule has 7 nitrogen and oxygen atoms in total. The summed E-state index contributed by atoms with van der Waals surface area (Å²) in [5, 5.41) is 0. The van der Waals surface area contributed by atoms with Crippen LogP contribution in [0.3, 0.4) is 0 Å². The smallest absolute Gasteiger partial charge is 0.248 e. The highest BCUT2D eigenvalue weighted by Gasteiger charge is 2.37. The molecule has 3 rings (SSSR count). The average molecular weight is 466 g/mol. The fraction of sp³-hybridized carbons (Fsp3) is 0.708. The lowest BCUT2D eigenvalue weighted by Crippen LogP contribution is -2.50. The quantitative estimate of drug-likeness (QED) is 0.561. The van der Waals surface area contributed by atoms with E-state index in [0.29, 0.717) is 11.4 Å². The van der Waals surface area contributed by atoms with Gasteiger partial charge in [-0.1, -0.05) is 31.0 Å². The Labute approximate surface area is 193 Å². The van der Waals surface area contributed by atoms with Crippen LogP contribution in [0, 0.1) is 20.8 Å². The lowest BCUT2D eigenvalue weighted by atomic mass is 10.1. The Kier molecular flexibility index (Phi) is 8.72. The molecule has 1 atom stereocenters. The second kappa shape index (κ2) is 11.1. The summed E-state index contributed by atoms with van der Waals surface area (Å²) >= 11 is 0. The van der Waals surface area contributed by atoms with Crippen LogP contribution in [0.5, 0.6) is 0 Å². The number of aryl methyl sites for hydroxylation is 3. The molecule has 0 bridgehead atoms. The number of hydrogen-bond donors (Lipinski definition) is 0. The molecule has 0 aromatic heterocycles. The zero-order chi connectivity index (χ0) is 23.3. The summed E-state index contributed by atoms with van der Waals surface area (Å²) in [7, 11) is -3.60. The molecule has 0 radical (unpaired) electrons. The summed E-state index contributed by atoms with van der Waals surface area (Å²) in [6, 6.07) is 3.61. The van der Waals surface area contributed by atoms with Crippen molar-refractivity contribution in [3.63, 3.8) is 0 Å². The van der Waals surface area contributed by atoms with Gasteiger partial charge in [0.05, 0.1) is 11.5 Å². The molecule has 180 valence electrons. The van der Waals surface area contributed by atoms with E-state index in [1.165, 1.54) is 12.8 Å². The molecule has 1 aromatic rings. The molecule has 2 fully saturated rings. The third-order valence-corrected chi connectivity index (χ3v) is 8.84. The zero-order valence-electron chi connectivity index (χ0n) is 20.1. The molecule has 0 unspecified atom stereocenters. The molecule has 2 aliphatic heterocycles. The maximum Gasteiger partial charge on any atom is 0.248 e. The number of rotatable bonds is 9. The fourth-order valence-corrected chi connectivity index (χ4v) is 7.05. The molecule has 0 N–H and O–H groups in total. The summed E-state index contributed by atoms with van der Waals surface area (Å²) in [4.78, 5) is 17.2. The van der Waals surface area contributed by atoms with Crippen LogP contribution in [0.15, 0.2) is 17.0 Å². The Morgan fingerprint density at radius 2 is 1.72 bits per heavy atom. The topological polar surface area (TPSA) is 70.2 Å². The Morgan fingerprint density at radius 3 is 2.34 bits per heavy atom. The van der Waals surface area contributed by atoms with Gasteiger partial charge in [0.15, 0.2) is 0 Å². The third kappa shape index (κ3) is 5.90. The number of benzene rings is 1. The Hall–Kier alpha value is -1.48. The summed E-state index contributed by atoms with van der Waals surface area (Å²) in [5.74, 6) is -0.00207. The first-order chi connectivity index (χ1) is 15.2. The van der Waals surface area contributed by atoms with Gasteiger partial charge in [-0.3, -0.25) is 9.69 Å². The van der Waals surface area contributed by atoms with Gasteiger partial charge in [-0.05, 0) is 57.7 Å². The molecule has 32 heavy (non-hydrogen) atoms. The van der Waals surface area contributed by atoms with Crippen LogP contribution in [0.2, 0.25) is 0 Å². The van der Waals surface area contributed by atoms with Crippen LogP contribution >= 0.6 is 0 Å². The van der Waals surface area contributed by atoms with Crippen molar-refractivity contribution in [2.45, 2.75) is 64.3 Å². The number of carbonyl (C=O) groups is 1. The van der Waals surface area contributed by atoms with E-state index in [0.717, 1.165) is 62.3 Å². The predicted molar refractivity (Wildman–Crippen MR) is 126 cm³/mol. The van der Waals surface area contributed by atoms with Crippen molar-refractivity contribution >= 4 is 15.9 Å². The number of ether oxygens (including phenoxy) is 1.